The molecule has 0 unspecified atom stereocenters. The Morgan fingerprint density at radius 3 is 2.65 bits per heavy atom. The summed E-state index contributed by atoms with van der Waals surface area (Å²) in [7, 11) is 0. The second kappa shape index (κ2) is 6.09. The highest BCUT2D eigenvalue weighted by Gasteiger charge is 2.19. The third-order valence-electron chi connectivity index (χ3n) is 2.92. The lowest BCUT2D eigenvalue weighted by atomic mass is 10.2. The first-order valence-corrected chi connectivity index (χ1v) is 7.06. The van der Waals surface area contributed by atoms with E-state index in [9.17, 15) is 4.79 Å². The molecule has 2 N–H and O–H groups in total. The van der Waals surface area contributed by atoms with Gasteiger partial charge in [0.1, 0.15) is 11.6 Å². The molecule has 2 rings (SSSR count). The molecule has 2 aromatic rings. The number of carbonyl (C=O) groups is 1. The van der Waals surface area contributed by atoms with Crippen LogP contribution in [0.5, 0.6) is 0 Å². The maximum Gasteiger partial charge on any atom is 0.360 e. The minimum atomic E-state index is -0.484. The highest BCUT2D eigenvalue weighted by atomic mass is 79.9. The lowest BCUT2D eigenvalue weighted by molar-refractivity contribution is 0.0521. The zero-order valence-electron chi connectivity index (χ0n) is 11.4. The van der Waals surface area contributed by atoms with Crippen molar-refractivity contribution >= 4 is 27.7 Å². The highest BCUT2D eigenvalue weighted by Crippen LogP contribution is 2.18. The maximum atomic E-state index is 11.7. The molecule has 0 aliphatic rings. The van der Waals surface area contributed by atoms with E-state index in [0.29, 0.717) is 24.8 Å². The summed E-state index contributed by atoms with van der Waals surface area (Å²) in [4.78, 5) is 15.9. The summed E-state index contributed by atoms with van der Waals surface area (Å²) >= 11 is 3.40. The van der Waals surface area contributed by atoms with E-state index >= 15 is 0 Å². The van der Waals surface area contributed by atoms with Gasteiger partial charge in [0.05, 0.1) is 13.2 Å². The number of ether oxygens (including phenoxy) is 1. The van der Waals surface area contributed by atoms with Crippen molar-refractivity contribution in [3.8, 4) is 0 Å². The number of aromatic nitrogens is 2. The molecule has 106 valence electrons. The number of halogens is 1. The van der Waals surface area contributed by atoms with Gasteiger partial charge < -0.3 is 15.0 Å². The fourth-order valence-electron chi connectivity index (χ4n) is 1.90. The Balaban J connectivity index is 2.28. The molecule has 0 spiro atoms. The lowest BCUT2D eigenvalue weighted by Gasteiger charge is -2.08. The summed E-state index contributed by atoms with van der Waals surface area (Å²) in [6, 6.07) is 7.91. The van der Waals surface area contributed by atoms with Gasteiger partial charge in [-0.05, 0) is 31.5 Å². The van der Waals surface area contributed by atoms with Gasteiger partial charge in [-0.3, -0.25) is 0 Å². The summed E-state index contributed by atoms with van der Waals surface area (Å²) in [6.45, 7) is 4.44. The smallest absolute Gasteiger partial charge is 0.360 e. The van der Waals surface area contributed by atoms with Crippen molar-refractivity contribution in [2.24, 2.45) is 0 Å². The molecular formula is C14H16BrN3O2. The number of nitrogens with two attached hydrogens (primary N) is 1. The van der Waals surface area contributed by atoms with Crippen LogP contribution < -0.4 is 5.73 Å². The molecule has 0 radical (unpaired) electrons. The molecule has 0 saturated carbocycles. The molecule has 0 fully saturated rings. The van der Waals surface area contributed by atoms with E-state index in [1.54, 1.807) is 11.5 Å². The van der Waals surface area contributed by atoms with Gasteiger partial charge in [-0.1, -0.05) is 28.1 Å². The van der Waals surface area contributed by atoms with Gasteiger partial charge in [-0.25, -0.2) is 9.78 Å². The largest absolute Gasteiger partial charge is 0.461 e. The Kier molecular flexibility index (Phi) is 4.44. The van der Waals surface area contributed by atoms with Crippen molar-refractivity contribution in [3.05, 3.63) is 45.8 Å². The second-order valence-corrected chi connectivity index (χ2v) is 5.24. The van der Waals surface area contributed by atoms with E-state index in [-0.39, 0.29) is 5.69 Å². The zero-order chi connectivity index (χ0) is 14.7. The number of hydrogen-bond donors (Lipinski definition) is 1. The normalized spacial score (nSPS) is 10.6. The van der Waals surface area contributed by atoms with E-state index in [0.717, 1.165) is 10.0 Å². The predicted molar refractivity (Wildman–Crippen MR) is 80.6 cm³/mol. The first-order valence-electron chi connectivity index (χ1n) is 6.27. The van der Waals surface area contributed by atoms with Crippen LogP contribution in [0.25, 0.3) is 0 Å². The van der Waals surface area contributed by atoms with E-state index < -0.39 is 5.97 Å². The topological polar surface area (TPSA) is 70.1 Å². The van der Waals surface area contributed by atoms with Crippen LogP contribution in [0, 0.1) is 6.92 Å². The minimum Gasteiger partial charge on any atom is -0.461 e. The molecule has 0 amide bonds. The zero-order valence-corrected chi connectivity index (χ0v) is 13.0. The van der Waals surface area contributed by atoms with Crippen molar-refractivity contribution in [1.82, 2.24) is 9.55 Å². The maximum absolute atomic E-state index is 11.7. The van der Waals surface area contributed by atoms with Crippen LogP contribution in [-0.4, -0.2) is 22.1 Å². The molecule has 0 saturated heterocycles. The monoisotopic (exact) mass is 337 g/mol. The quantitative estimate of drug-likeness (QED) is 0.871. The Morgan fingerprint density at radius 1 is 1.40 bits per heavy atom. The number of nitrogen functional groups attached to an aromatic ring is 1. The number of benzene rings is 1. The van der Waals surface area contributed by atoms with Crippen LogP contribution in [0.3, 0.4) is 0 Å². The summed E-state index contributed by atoms with van der Waals surface area (Å²) < 4.78 is 7.76. The first-order chi connectivity index (χ1) is 9.52. The summed E-state index contributed by atoms with van der Waals surface area (Å²) in [6.07, 6.45) is 0. The standard InChI is InChI=1S/C14H16BrN3O2/c1-3-20-14(19)12-13(16)18(9(2)17-12)8-10-4-6-11(15)7-5-10/h4-7H,3,8,16H2,1-2H3. The molecule has 6 heteroatoms. The number of carbonyl (C=O) groups excluding carboxylic acids is 1. The molecule has 0 aliphatic heterocycles. The van der Waals surface area contributed by atoms with Crippen LogP contribution in [0.2, 0.25) is 0 Å². The van der Waals surface area contributed by atoms with Gasteiger partial charge in [0.2, 0.25) is 0 Å². The summed E-state index contributed by atoms with van der Waals surface area (Å²) in [5.41, 5.74) is 7.26. The first kappa shape index (κ1) is 14.6. The van der Waals surface area contributed by atoms with E-state index in [2.05, 4.69) is 20.9 Å². The van der Waals surface area contributed by atoms with E-state index in [1.165, 1.54) is 0 Å². The molecule has 0 aliphatic carbocycles. The SMILES string of the molecule is CCOC(=O)c1nc(C)n(Cc2ccc(Br)cc2)c1N. The van der Waals surface area contributed by atoms with Gasteiger partial charge in [-0.2, -0.15) is 0 Å². The summed E-state index contributed by atoms with van der Waals surface area (Å²) in [5, 5.41) is 0. The number of anilines is 1. The highest BCUT2D eigenvalue weighted by molar-refractivity contribution is 9.10. The molecule has 1 aromatic carbocycles. The number of aryl methyl sites for hydroxylation is 1. The van der Waals surface area contributed by atoms with Crippen LogP contribution in [0.1, 0.15) is 28.8 Å². The molecule has 1 heterocycles. The molecule has 5 nitrogen and oxygen atoms in total. The van der Waals surface area contributed by atoms with Crippen molar-refractivity contribution < 1.29 is 9.53 Å². The van der Waals surface area contributed by atoms with Gasteiger partial charge in [0.25, 0.3) is 0 Å². The van der Waals surface area contributed by atoms with Crippen molar-refractivity contribution in [1.29, 1.82) is 0 Å². The number of hydrogen-bond acceptors (Lipinski definition) is 4. The van der Waals surface area contributed by atoms with Crippen LogP contribution in [-0.2, 0) is 11.3 Å². The molecular weight excluding hydrogens is 322 g/mol. The number of esters is 1. The minimum absolute atomic E-state index is 0.182. The Labute approximate surface area is 125 Å². The van der Waals surface area contributed by atoms with Crippen LogP contribution in [0.15, 0.2) is 28.7 Å². The van der Waals surface area contributed by atoms with Gasteiger partial charge in [-0.15, -0.1) is 0 Å². The number of rotatable bonds is 4. The van der Waals surface area contributed by atoms with Crippen molar-refractivity contribution in [2.45, 2.75) is 20.4 Å². The van der Waals surface area contributed by atoms with Gasteiger partial charge in [0, 0.05) is 4.47 Å². The third-order valence-corrected chi connectivity index (χ3v) is 3.45. The lowest BCUT2D eigenvalue weighted by Crippen LogP contribution is -2.10. The van der Waals surface area contributed by atoms with Gasteiger partial charge in [0.15, 0.2) is 5.69 Å². The van der Waals surface area contributed by atoms with Crippen molar-refractivity contribution in [3.63, 3.8) is 0 Å². The fraction of sp³-hybridized carbons (Fsp3) is 0.286. The predicted octanol–water partition coefficient (Wildman–Crippen LogP) is 2.76. The average molecular weight is 338 g/mol. The average Bonchev–Trinajstić information content (AvgIpc) is 2.69. The van der Waals surface area contributed by atoms with Gasteiger partial charge >= 0.3 is 5.97 Å². The molecule has 0 bridgehead atoms. The fourth-order valence-corrected chi connectivity index (χ4v) is 2.17. The molecule has 1 aromatic heterocycles. The Morgan fingerprint density at radius 2 is 2.05 bits per heavy atom. The van der Waals surface area contributed by atoms with E-state index in [4.69, 9.17) is 10.5 Å². The Bertz CT molecular complexity index is 620. The number of imidazole rings is 1. The van der Waals surface area contributed by atoms with Crippen LogP contribution >= 0.6 is 15.9 Å². The summed E-state index contributed by atoms with van der Waals surface area (Å²) in [5.74, 6) is 0.542. The van der Waals surface area contributed by atoms with Crippen LogP contribution in [0.4, 0.5) is 5.82 Å². The molecule has 20 heavy (non-hydrogen) atoms. The Hall–Kier alpha value is -1.82. The van der Waals surface area contributed by atoms with E-state index in [1.807, 2.05) is 31.2 Å². The van der Waals surface area contributed by atoms with Crippen molar-refractivity contribution in [2.75, 3.05) is 12.3 Å². The third kappa shape index (κ3) is 3.01. The second-order valence-electron chi connectivity index (χ2n) is 4.33. The number of nitrogens with zero attached hydrogens (tertiary/aromatic N) is 2. The molecule has 0 atom stereocenters.